The molecule has 0 aromatic heterocycles. The van der Waals surface area contributed by atoms with E-state index >= 15 is 0 Å². The lowest BCUT2D eigenvalue weighted by Crippen LogP contribution is -2.33. The van der Waals surface area contributed by atoms with Crippen LogP contribution in [0, 0.1) is 0 Å². The molecule has 1 aromatic carbocycles. The Balaban J connectivity index is 2.71. The van der Waals surface area contributed by atoms with Crippen LogP contribution in [-0.4, -0.2) is 34.7 Å². The summed E-state index contributed by atoms with van der Waals surface area (Å²) in [7, 11) is -1.86. The molecule has 108 valence electrons. The first-order valence-corrected chi connectivity index (χ1v) is 7.78. The van der Waals surface area contributed by atoms with Gasteiger partial charge < -0.3 is 10.5 Å². The van der Waals surface area contributed by atoms with Crippen molar-refractivity contribution in [1.29, 1.82) is 0 Å². The van der Waals surface area contributed by atoms with Gasteiger partial charge in [-0.2, -0.15) is 0 Å². The zero-order valence-corrected chi connectivity index (χ0v) is 12.2. The molecule has 0 bridgehead atoms. The molecule has 0 saturated heterocycles. The summed E-state index contributed by atoms with van der Waals surface area (Å²) in [5.74, 6) is 0. The molecule has 0 spiro atoms. The van der Waals surface area contributed by atoms with Gasteiger partial charge >= 0.3 is 0 Å². The van der Waals surface area contributed by atoms with Crippen molar-refractivity contribution in [3.05, 3.63) is 29.8 Å². The van der Waals surface area contributed by atoms with Crippen molar-refractivity contribution in [3.8, 4) is 0 Å². The van der Waals surface area contributed by atoms with Crippen LogP contribution in [0.1, 0.15) is 18.9 Å². The number of methoxy groups -OCH3 is 1. The summed E-state index contributed by atoms with van der Waals surface area (Å²) in [5, 5.41) is 0. The Labute approximate surface area is 115 Å². The smallest absolute Gasteiger partial charge is 0.240 e. The van der Waals surface area contributed by atoms with Gasteiger partial charge in [-0.25, -0.2) is 13.1 Å². The Hall–Kier alpha value is -0.950. The molecule has 6 heteroatoms. The molecule has 1 aromatic rings. The third kappa shape index (κ3) is 5.28. The standard InChI is InChI=1S/C13H22N2O3S/c1-11(8-10-18-2)15-19(16,17)13-5-3-12(4-6-13)7-9-14/h3-6,11,15H,7-10,14H2,1-2H3. The van der Waals surface area contributed by atoms with Gasteiger partial charge in [0.15, 0.2) is 0 Å². The van der Waals surface area contributed by atoms with Gasteiger partial charge in [-0.3, -0.25) is 0 Å². The van der Waals surface area contributed by atoms with Gasteiger partial charge in [0.1, 0.15) is 0 Å². The molecule has 1 rings (SSSR count). The van der Waals surface area contributed by atoms with Gasteiger partial charge in [0.2, 0.25) is 10.0 Å². The zero-order chi connectivity index (χ0) is 14.3. The van der Waals surface area contributed by atoms with Crippen molar-refractivity contribution in [2.24, 2.45) is 5.73 Å². The van der Waals surface area contributed by atoms with Gasteiger partial charge in [-0.05, 0) is 44.0 Å². The predicted molar refractivity (Wildman–Crippen MR) is 75.5 cm³/mol. The van der Waals surface area contributed by atoms with Crippen LogP contribution < -0.4 is 10.5 Å². The Kier molecular flexibility index (Phi) is 6.44. The van der Waals surface area contributed by atoms with Gasteiger partial charge in [0.05, 0.1) is 4.90 Å². The number of nitrogens with one attached hydrogen (secondary N) is 1. The lowest BCUT2D eigenvalue weighted by molar-refractivity contribution is 0.188. The van der Waals surface area contributed by atoms with Crippen molar-refractivity contribution < 1.29 is 13.2 Å². The minimum absolute atomic E-state index is 0.159. The average Bonchev–Trinajstić information content (AvgIpc) is 2.37. The quantitative estimate of drug-likeness (QED) is 0.743. The van der Waals surface area contributed by atoms with E-state index in [2.05, 4.69) is 4.72 Å². The highest BCUT2D eigenvalue weighted by Gasteiger charge is 2.16. The summed E-state index contributed by atoms with van der Waals surface area (Å²) in [6.45, 7) is 2.90. The molecular weight excluding hydrogens is 264 g/mol. The summed E-state index contributed by atoms with van der Waals surface area (Å²) in [6.07, 6.45) is 1.39. The second kappa shape index (κ2) is 7.59. The maximum absolute atomic E-state index is 12.1. The van der Waals surface area contributed by atoms with E-state index in [4.69, 9.17) is 10.5 Å². The molecule has 0 amide bonds. The number of hydrogen-bond acceptors (Lipinski definition) is 4. The lowest BCUT2D eigenvalue weighted by Gasteiger charge is -2.14. The van der Waals surface area contributed by atoms with E-state index in [0.717, 1.165) is 12.0 Å². The van der Waals surface area contributed by atoms with Gasteiger partial charge in [0, 0.05) is 19.8 Å². The maximum Gasteiger partial charge on any atom is 0.240 e. The molecule has 1 unspecified atom stereocenters. The van der Waals surface area contributed by atoms with E-state index in [1.54, 1.807) is 31.4 Å². The summed E-state index contributed by atoms with van der Waals surface area (Å²) >= 11 is 0. The number of rotatable bonds is 8. The minimum Gasteiger partial charge on any atom is -0.385 e. The molecule has 19 heavy (non-hydrogen) atoms. The molecule has 0 saturated carbocycles. The number of benzene rings is 1. The van der Waals surface area contributed by atoms with E-state index < -0.39 is 10.0 Å². The van der Waals surface area contributed by atoms with Gasteiger partial charge in [-0.15, -0.1) is 0 Å². The van der Waals surface area contributed by atoms with Crippen LogP contribution in [0.15, 0.2) is 29.2 Å². The highest BCUT2D eigenvalue weighted by atomic mass is 32.2. The van der Waals surface area contributed by atoms with Crippen molar-refractivity contribution in [3.63, 3.8) is 0 Å². The highest BCUT2D eigenvalue weighted by molar-refractivity contribution is 7.89. The molecule has 0 aliphatic heterocycles. The molecule has 0 fully saturated rings. The monoisotopic (exact) mass is 286 g/mol. The van der Waals surface area contributed by atoms with E-state index in [1.807, 2.05) is 6.92 Å². The number of sulfonamides is 1. The van der Waals surface area contributed by atoms with Crippen LogP contribution in [0.4, 0.5) is 0 Å². The second-order valence-electron chi connectivity index (χ2n) is 4.49. The Morgan fingerprint density at radius 3 is 2.47 bits per heavy atom. The number of nitrogens with two attached hydrogens (primary N) is 1. The van der Waals surface area contributed by atoms with E-state index in [9.17, 15) is 8.42 Å². The summed E-state index contributed by atoms with van der Waals surface area (Å²) in [4.78, 5) is 0.275. The zero-order valence-electron chi connectivity index (χ0n) is 11.4. The molecule has 0 heterocycles. The third-order valence-electron chi connectivity index (χ3n) is 2.78. The number of ether oxygens (including phenoxy) is 1. The Morgan fingerprint density at radius 2 is 1.95 bits per heavy atom. The van der Waals surface area contributed by atoms with Crippen LogP contribution in [-0.2, 0) is 21.2 Å². The molecule has 0 aliphatic rings. The first kappa shape index (κ1) is 16.1. The SMILES string of the molecule is COCCC(C)NS(=O)(=O)c1ccc(CCN)cc1. The van der Waals surface area contributed by atoms with Crippen molar-refractivity contribution in [2.45, 2.75) is 30.7 Å². The van der Waals surface area contributed by atoms with Crippen LogP contribution in [0.3, 0.4) is 0 Å². The van der Waals surface area contributed by atoms with Crippen molar-refractivity contribution in [1.82, 2.24) is 4.72 Å². The molecule has 5 nitrogen and oxygen atoms in total. The molecular formula is C13H22N2O3S. The summed E-state index contributed by atoms with van der Waals surface area (Å²) in [5.41, 5.74) is 6.49. The normalized spacial score (nSPS) is 13.4. The largest absolute Gasteiger partial charge is 0.385 e. The fourth-order valence-electron chi connectivity index (χ4n) is 1.69. The molecule has 3 N–H and O–H groups in total. The van der Waals surface area contributed by atoms with Gasteiger partial charge in [0.25, 0.3) is 0 Å². The minimum atomic E-state index is -3.46. The molecule has 1 atom stereocenters. The average molecular weight is 286 g/mol. The first-order chi connectivity index (χ1) is 8.99. The molecule has 0 radical (unpaired) electrons. The summed E-state index contributed by atoms with van der Waals surface area (Å²) < 4.78 is 31.8. The summed E-state index contributed by atoms with van der Waals surface area (Å²) in [6, 6.07) is 6.64. The fourth-order valence-corrected chi connectivity index (χ4v) is 2.97. The first-order valence-electron chi connectivity index (χ1n) is 6.30. The van der Waals surface area contributed by atoms with Gasteiger partial charge in [-0.1, -0.05) is 12.1 Å². The second-order valence-corrected chi connectivity index (χ2v) is 6.20. The van der Waals surface area contributed by atoms with Crippen LogP contribution in [0.25, 0.3) is 0 Å². The highest BCUT2D eigenvalue weighted by Crippen LogP contribution is 2.12. The Bertz CT molecular complexity index is 471. The fraction of sp³-hybridized carbons (Fsp3) is 0.538. The predicted octanol–water partition coefficient (Wildman–Crippen LogP) is 0.891. The Morgan fingerprint density at radius 1 is 1.32 bits per heavy atom. The third-order valence-corrected chi connectivity index (χ3v) is 4.38. The molecule has 0 aliphatic carbocycles. The van der Waals surface area contributed by atoms with Crippen molar-refractivity contribution in [2.75, 3.05) is 20.3 Å². The van der Waals surface area contributed by atoms with E-state index in [1.165, 1.54) is 0 Å². The van der Waals surface area contributed by atoms with E-state index in [-0.39, 0.29) is 10.9 Å². The van der Waals surface area contributed by atoms with Crippen LogP contribution >= 0.6 is 0 Å². The maximum atomic E-state index is 12.1. The van der Waals surface area contributed by atoms with E-state index in [0.29, 0.717) is 19.6 Å². The van der Waals surface area contributed by atoms with Crippen LogP contribution in [0.2, 0.25) is 0 Å². The lowest BCUT2D eigenvalue weighted by atomic mass is 10.2. The number of hydrogen-bond donors (Lipinski definition) is 2. The van der Waals surface area contributed by atoms with Crippen LogP contribution in [0.5, 0.6) is 0 Å². The van der Waals surface area contributed by atoms with Crippen molar-refractivity contribution >= 4 is 10.0 Å². The topological polar surface area (TPSA) is 81.4 Å².